The predicted molar refractivity (Wildman–Crippen MR) is 327 cm³/mol. The molecule has 0 bridgehead atoms. The number of ether oxygens (including phenoxy) is 1. The van der Waals surface area contributed by atoms with E-state index in [0.717, 1.165) is 0 Å². The van der Waals surface area contributed by atoms with Crippen LogP contribution in [0.3, 0.4) is 0 Å². The van der Waals surface area contributed by atoms with E-state index in [1.54, 1.807) is 19.6 Å². The first kappa shape index (κ1) is 82.5. The number of carbonyl (C=O) groups is 14. The predicted octanol–water partition coefficient (Wildman–Crippen LogP) is -6.38. The van der Waals surface area contributed by atoms with Crippen LogP contribution in [0.2, 0.25) is 0 Å². The maximum absolute atomic E-state index is 13.8. The first-order valence-electron chi connectivity index (χ1n) is 30.3. The summed E-state index contributed by atoms with van der Waals surface area (Å²) in [6, 6.07) is -4.78. The molecule has 18 N–H and O–H groups in total. The van der Waals surface area contributed by atoms with E-state index in [0.29, 0.717) is 5.19 Å². The van der Waals surface area contributed by atoms with Gasteiger partial charge in [-0.2, -0.15) is 0 Å². The Balaban J connectivity index is 2.00. The average molecular weight is 1380 g/mol. The van der Waals surface area contributed by atoms with Crippen LogP contribution in [0, 0.1) is 0 Å². The fraction of sp³-hybridized carbons (Fsp3) is 0.643. The summed E-state index contributed by atoms with van der Waals surface area (Å²) >= 11 is 0. The van der Waals surface area contributed by atoms with Crippen LogP contribution in [0.15, 0.2) is 24.3 Å². The van der Waals surface area contributed by atoms with Crippen molar-refractivity contribution in [1.82, 2.24) is 62.1 Å². The average Bonchev–Trinajstić information content (AvgIpc) is 1.22. The van der Waals surface area contributed by atoms with Crippen molar-refractivity contribution in [2.75, 3.05) is 98.7 Å². The number of aliphatic carboxylic acids is 7. The minimum Gasteiger partial charge on any atom is -0.481 e. The third-order valence-corrected chi connectivity index (χ3v) is 15.4. The normalized spacial score (nSPS) is 15.8. The minimum atomic E-state index is -2.10. The molecular formula is C56H88FN12O25Si+. The van der Waals surface area contributed by atoms with Crippen molar-refractivity contribution < 1.29 is 127 Å². The van der Waals surface area contributed by atoms with Crippen molar-refractivity contribution in [2.24, 2.45) is 0 Å². The molecule has 0 spiro atoms. The zero-order chi connectivity index (χ0) is 71.2. The maximum atomic E-state index is 13.8. The molecule has 2 rings (SSSR count). The van der Waals surface area contributed by atoms with Crippen molar-refractivity contribution in [1.29, 1.82) is 0 Å². The number of aliphatic hydroxyl groups excluding tert-OH is 2. The van der Waals surface area contributed by atoms with Gasteiger partial charge in [-0.3, -0.25) is 67.5 Å². The summed E-state index contributed by atoms with van der Waals surface area (Å²) in [6.07, 6.45) is -6.87. The second kappa shape index (κ2) is 44.9. The highest BCUT2D eigenvalue weighted by molar-refractivity contribution is 6.46. The first-order valence-corrected chi connectivity index (χ1v) is 31.3. The number of carbonyl (C=O) groups excluding carboxylic acids is 7. The summed E-state index contributed by atoms with van der Waals surface area (Å²) in [5.74, 6) is -14.1. The van der Waals surface area contributed by atoms with Crippen LogP contribution in [0.25, 0.3) is 0 Å². The molecule has 0 radical (unpaired) electrons. The van der Waals surface area contributed by atoms with Gasteiger partial charge in [0, 0.05) is 117 Å². The largest absolute Gasteiger partial charge is 0.566 e. The molecule has 8 amide bonds. The van der Waals surface area contributed by atoms with E-state index in [1.165, 1.54) is 31.4 Å². The molecule has 1 heterocycles. The molecule has 1 aromatic rings. The molecule has 7 atom stereocenters. The lowest BCUT2D eigenvalue weighted by atomic mass is 10.1. The van der Waals surface area contributed by atoms with Crippen LogP contribution in [0.4, 0.5) is 8.90 Å². The van der Waals surface area contributed by atoms with E-state index in [1.807, 2.05) is 10.6 Å². The number of halogens is 1. The van der Waals surface area contributed by atoms with Gasteiger partial charge in [0.2, 0.25) is 29.5 Å². The van der Waals surface area contributed by atoms with Gasteiger partial charge >= 0.3 is 57.7 Å². The van der Waals surface area contributed by atoms with Crippen molar-refractivity contribution in [2.45, 2.75) is 132 Å². The second-order valence-electron chi connectivity index (χ2n) is 22.0. The highest BCUT2D eigenvalue weighted by Crippen LogP contribution is 2.16. The zero-order valence-corrected chi connectivity index (χ0v) is 53.5. The highest BCUT2D eigenvalue weighted by Gasteiger charge is 2.32. The van der Waals surface area contributed by atoms with Crippen molar-refractivity contribution >= 4 is 98.3 Å². The van der Waals surface area contributed by atoms with Gasteiger partial charge in [0.05, 0.1) is 31.7 Å². The summed E-state index contributed by atoms with van der Waals surface area (Å²) in [4.78, 5) is 179. The van der Waals surface area contributed by atoms with Gasteiger partial charge in [0.25, 0.3) is 5.91 Å². The van der Waals surface area contributed by atoms with Crippen molar-refractivity contribution in [3.8, 4) is 0 Å². The molecule has 1 aromatic carbocycles. The van der Waals surface area contributed by atoms with E-state index < -0.39 is 187 Å². The number of amides is 8. The lowest BCUT2D eigenvalue weighted by molar-refractivity contribution is -0.142. The molecule has 0 aromatic heterocycles. The van der Waals surface area contributed by atoms with Gasteiger partial charge in [0.15, 0.2) is 12.6 Å². The summed E-state index contributed by atoms with van der Waals surface area (Å²) in [5, 5.41) is 116. The second-order valence-corrected chi connectivity index (χ2v) is 22.9. The van der Waals surface area contributed by atoms with Crippen LogP contribution in [-0.2, 0) is 62.3 Å². The number of urea groups is 1. The van der Waals surface area contributed by atoms with Crippen LogP contribution in [-0.4, -0.2) is 311 Å². The number of aliphatic hydroxyl groups is 3. The lowest BCUT2D eigenvalue weighted by Gasteiger charge is -2.38. The number of carboxylic acid groups (broad SMARTS) is 7. The Morgan fingerprint density at radius 2 is 0.937 bits per heavy atom. The molecule has 0 aliphatic carbocycles. The third-order valence-electron chi connectivity index (χ3n) is 14.7. The quantitative estimate of drug-likeness (QED) is 0.0125. The van der Waals surface area contributed by atoms with Gasteiger partial charge in [-0.25, -0.2) is 19.2 Å². The third kappa shape index (κ3) is 35.5. The zero-order valence-electron chi connectivity index (χ0n) is 52.4. The first-order chi connectivity index (χ1) is 44.9. The summed E-state index contributed by atoms with van der Waals surface area (Å²) < 4.78 is 18.7. The fourth-order valence-corrected chi connectivity index (χ4v) is 9.85. The summed E-state index contributed by atoms with van der Waals surface area (Å²) in [5.41, 5.74) is -0.00777. The smallest absolute Gasteiger partial charge is 0.481 e. The number of nitrogens with zero attached hydrogens (tertiary/aromatic N) is 4. The van der Waals surface area contributed by atoms with Gasteiger partial charge in [-0.1, -0.05) is 4.11 Å². The molecular weight excluding hydrogens is 1290 g/mol. The Bertz CT molecular complexity index is 2690. The molecule has 532 valence electrons. The van der Waals surface area contributed by atoms with Crippen molar-refractivity contribution in [3.05, 3.63) is 29.8 Å². The van der Waals surface area contributed by atoms with Gasteiger partial charge in [-0.05, 0) is 75.6 Å². The van der Waals surface area contributed by atoms with E-state index >= 15 is 0 Å². The number of benzene rings is 1. The van der Waals surface area contributed by atoms with E-state index in [2.05, 4.69) is 31.9 Å². The lowest BCUT2D eigenvalue weighted by Crippen LogP contribution is -2.56. The molecule has 1 aliphatic heterocycles. The topological polar surface area (TPSA) is 560 Å². The van der Waals surface area contributed by atoms with Gasteiger partial charge < -0.3 is 98.3 Å². The minimum absolute atomic E-state index is 0.00777. The number of hydrogen-bond donors (Lipinski definition) is 18. The maximum Gasteiger partial charge on any atom is 0.566 e. The van der Waals surface area contributed by atoms with Crippen LogP contribution in [0.5, 0.6) is 0 Å². The Labute approximate surface area is 546 Å². The van der Waals surface area contributed by atoms with Crippen LogP contribution >= 0.6 is 0 Å². The van der Waals surface area contributed by atoms with Gasteiger partial charge in [-0.15, -0.1) is 0 Å². The standard InChI is InChI=1S/C56H87FN12O25Si/c1-94-55(92)40(69-27-25-67(31-47(78)79)23-21-66(30-46(76)77)22-24-68(26-28-69)32-48(80)81)13-15-43(72)60-29-39(63-49(82)33-7-9-34(95-57)10-8-33)50(83)62-36(52(86)87)5-2-3-19-58-41(70)16-17-42(71)59-20-4-6-35(51(84)85)61-44(73)14-11-37(53(88)89)64-56(93)65-38(54(90)91)12-18-45(74)75/h7-10,35-40,51,55,84-85,92,95H,2-6,11-32H2,1H3,(H14-,58,59,60,61,62,63,64,65,70,71,72,73,74,75,76,77,78,79,80,81,82,83,86,87,88,89,90,91,93)/p+1/t35-,36+,37+,38+,39+,40-,55?/m1/s1. The number of unbranched alkanes of at least 4 members (excludes halogenated alkanes) is 1. The SMILES string of the molecule is COC(O)[C@@H](CCC(=O)NC[C@H](NC(=O)c1ccc([SiH+]F)cc1)C(=O)N[C@@H](CCCCNC(=O)CCC(=O)NCCC[C@@H](NC(=O)CC[C@H](NC(=O)N[C@@H](CCC(=O)O)C(=O)O)C(=O)O)C(O)O)C(=O)O)N1CCN(CC(=O)O)CCN(CC(=O)O)CCN(CC(=O)O)CC1. The Kier molecular flexibility index (Phi) is 39.0. The summed E-state index contributed by atoms with van der Waals surface area (Å²) in [7, 11) is -0.389. The Morgan fingerprint density at radius 1 is 0.484 bits per heavy atom. The highest BCUT2D eigenvalue weighted by atomic mass is 28.3. The molecule has 39 heteroatoms. The molecule has 1 fully saturated rings. The van der Waals surface area contributed by atoms with E-state index in [9.17, 15) is 117 Å². The molecule has 37 nitrogen and oxygen atoms in total. The molecule has 0 saturated carbocycles. The molecule has 1 unspecified atom stereocenters. The fourth-order valence-electron chi connectivity index (χ4n) is 9.51. The molecule has 1 aliphatic rings. The Hall–Kier alpha value is -8.57. The summed E-state index contributed by atoms with van der Waals surface area (Å²) in [6.45, 7) is -1.12. The number of hydrogen-bond acceptors (Lipinski definition) is 22. The van der Waals surface area contributed by atoms with Crippen LogP contribution in [0.1, 0.15) is 93.8 Å². The number of carboxylic acids is 7. The number of methoxy groups -OCH3 is 1. The van der Waals surface area contributed by atoms with E-state index in [-0.39, 0.29) is 135 Å². The van der Waals surface area contributed by atoms with Crippen LogP contribution < -0.4 is 47.7 Å². The number of nitrogens with one attached hydrogen (secondary N) is 8. The molecule has 95 heavy (non-hydrogen) atoms. The Morgan fingerprint density at radius 3 is 1.39 bits per heavy atom. The van der Waals surface area contributed by atoms with Gasteiger partial charge in [0.1, 0.15) is 29.4 Å². The molecule has 1 saturated heterocycles. The van der Waals surface area contributed by atoms with Crippen molar-refractivity contribution in [3.63, 3.8) is 0 Å². The monoisotopic (exact) mass is 1380 g/mol. The number of rotatable bonds is 44. The van der Waals surface area contributed by atoms with E-state index in [4.69, 9.17) is 9.84 Å².